The smallest absolute Gasteiger partial charge is 0.287 e. The number of carbonyl (C=O) groups excluding carboxylic acids is 1. The van der Waals surface area contributed by atoms with Crippen molar-refractivity contribution >= 4 is 17.3 Å². The number of para-hydroxylation sites is 2. The number of benzene rings is 4. The van der Waals surface area contributed by atoms with E-state index in [1.54, 1.807) is 13.0 Å². The molecule has 2 heterocycles. The number of anilines is 2. The van der Waals surface area contributed by atoms with Crippen LogP contribution in [0.5, 0.6) is 0 Å². The zero-order valence-electron chi connectivity index (χ0n) is 28.7. The van der Waals surface area contributed by atoms with Gasteiger partial charge in [0.25, 0.3) is 5.91 Å². The minimum absolute atomic E-state index is 0.266. The van der Waals surface area contributed by atoms with Crippen LogP contribution in [0.1, 0.15) is 51.8 Å². The van der Waals surface area contributed by atoms with Crippen LogP contribution in [0.2, 0.25) is 0 Å². The van der Waals surface area contributed by atoms with Crippen molar-refractivity contribution in [1.29, 1.82) is 0 Å². The summed E-state index contributed by atoms with van der Waals surface area (Å²) in [5, 5.41) is 3.61. The SMILES string of the molecule is CN(C)CCCN1c2ccccc2CCc2ccccc21.C[C@H](N)Cc1ccccc1.Cc1cc(C(=O)NNCc2ccccc2)no1. The number of carbonyl (C=O) groups is 1. The Balaban J connectivity index is 0.000000173. The maximum Gasteiger partial charge on any atom is 0.287 e. The van der Waals surface area contributed by atoms with E-state index in [0.717, 1.165) is 37.9 Å². The molecule has 4 aromatic carbocycles. The fourth-order valence-electron chi connectivity index (χ4n) is 5.50. The number of amides is 1. The van der Waals surface area contributed by atoms with Crippen molar-refractivity contribution in [2.45, 2.75) is 52.1 Å². The maximum atomic E-state index is 11.6. The number of nitrogens with one attached hydrogen (secondary N) is 2. The monoisotopic (exact) mass is 646 g/mol. The van der Waals surface area contributed by atoms with Gasteiger partial charge in [-0.3, -0.25) is 10.2 Å². The highest BCUT2D eigenvalue weighted by atomic mass is 16.5. The summed E-state index contributed by atoms with van der Waals surface area (Å²) in [4.78, 5) is 16.3. The average Bonchev–Trinajstić information content (AvgIpc) is 3.47. The van der Waals surface area contributed by atoms with Gasteiger partial charge in [-0.05, 0) is 94.6 Å². The molecule has 6 rings (SSSR count). The van der Waals surface area contributed by atoms with Gasteiger partial charge in [0, 0.05) is 36.6 Å². The lowest BCUT2D eigenvalue weighted by Crippen LogP contribution is -2.36. The molecular weight excluding hydrogens is 596 g/mol. The summed E-state index contributed by atoms with van der Waals surface area (Å²) in [6.07, 6.45) is 4.42. The fourth-order valence-corrected chi connectivity index (χ4v) is 5.50. The molecule has 252 valence electrons. The highest BCUT2D eigenvalue weighted by Crippen LogP contribution is 2.35. The highest BCUT2D eigenvalue weighted by molar-refractivity contribution is 5.91. The van der Waals surface area contributed by atoms with Crippen molar-refractivity contribution in [3.8, 4) is 0 Å². The minimum Gasteiger partial charge on any atom is -0.361 e. The van der Waals surface area contributed by atoms with Crippen molar-refractivity contribution in [2.24, 2.45) is 5.73 Å². The summed E-state index contributed by atoms with van der Waals surface area (Å²) in [7, 11) is 4.29. The molecule has 8 nitrogen and oxygen atoms in total. The molecule has 5 aromatic rings. The average molecular weight is 647 g/mol. The Morgan fingerprint density at radius 1 is 0.854 bits per heavy atom. The normalized spacial score (nSPS) is 12.3. The number of hydrazine groups is 1. The van der Waals surface area contributed by atoms with Crippen LogP contribution in [0.15, 0.2) is 120 Å². The summed E-state index contributed by atoms with van der Waals surface area (Å²) >= 11 is 0. The van der Waals surface area contributed by atoms with E-state index in [2.05, 4.69) is 101 Å². The van der Waals surface area contributed by atoms with Gasteiger partial charge in [0.05, 0.1) is 0 Å². The second-order valence-electron chi connectivity index (χ2n) is 12.3. The molecule has 0 spiro atoms. The predicted molar refractivity (Wildman–Crippen MR) is 196 cm³/mol. The zero-order valence-corrected chi connectivity index (χ0v) is 28.7. The molecular formula is C40H50N6O2. The van der Waals surface area contributed by atoms with E-state index in [1.165, 1.54) is 34.5 Å². The van der Waals surface area contributed by atoms with Gasteiger partial charge >= 0.3 is 0 Å². The van der Waals surface area contributed by atoms with Crippen LogP contribution >= 0.6 is 0 Å². The molecule has 48 heavy (non-hydrogen) atoms. The third-order valence-electron chi connectivity index (χ3n) is 7.81. The van der Waals surface area contributed by atoms with E-state index in [-0.39, 0.29) is 17.6 Å². The standard InChI is InChI=1S/C19H24N2.C12H13N3O2.C9H13N/c1-20(2)14-7-15-21-18-10-5-3-8-16(18)12-13-17-9-4-6-11-19(17)21;1-9-7-11(15-17-9)12(16)14-13-8-10-5-3-2-4-6-10;1-8(10)7-9-5-3-2-4-6-9/h3-6,8-11H,7,12-15H2,1-2H3;2-7,13H,8H2,1H3,(H,14,16);2-6,8H,7,10H2,1H3/t;;8-/m..0/s1. The lowest BCUT2D eigenvalue weighted by molar-refractivity contribution is 0.0923. The first-order valence-electron chi connectivity index (χ1n) is 16.7. The van der Waals surface area contributed by atoms with Crippen molar-refractivity contribution in [2.75, 3.05) is 32.1 Å². The predicted octanol–water partition coefficient (Wildman–Crippen LogP) is 6.87. The summed E-state index contributed by atoms with van der Waals surface area (Å²) in [6, 6.07) is 39.7. The summed E-state index contributed by atoms with van der Waals surface area (Å²) in [5.41, 5.74) is 19.4. The molecule has 1 amide bonds. The molecule has 1 atom stereocenters. The summed E-state index contributed by atoms with van der Waals surface area (Å²) in [6.45, 7) is 6.52. The molecule has 0 saturated heterocycles. The lowest BCUT2D eigenvalue weighted by Gasteiger charge is -2.27. The Kier molecular flexibility index (Phi) is 14.4. The molecule has 0 saturated carbocycles. The van der Waals surface area contributed by atoms with E-state index < -0.39 is 0 Å². The van der Waals surface area contributed by atoms with Crippen LogP contribution in [0, 0.1) is 6.92 Å². The molecule has 1 aromatic heterocycles. The number of hydrogen-bond donors (Lipinski definition) is 3. The molecule has 8 heteroatoms. The topological polar surface area (TPSA) is 99.7 Å². The van der Waals surface area contributed by atoms with Crippen LogP contribution in [0.4, 0.5) is 11.4 Å². The van der Waals surface area contributed by atoms with Gasteiger partial charge in [-0.1, -0.05) is 102 Å². The Hall–Kier alpha value is -4.76. The summed E-state index contributed by atoms with van der Waals surface area (Å²) in [5.74, 6) is 0.302. The van der Waals surface area contributed by atoms with E-state index in [0.29, 0.717) is 12.3 Å². The highest BCUT2D eigenvalue weighted by Gasteiger charge is 2.19. The second kappa shape index (κ2) is 19.2. The number of hydrogen-bond acceptors (Lipinski definition) is 7. The molecule has 0 unspecified atom stereocenters. The number of nitrogens with zero attached hydrogens (tertiary/aromatic N) is 3. The van der Waals surface area contributed by atoms with Gasteiger partial charge in [0.2, 0.25) is 0 Å². The van der Waals surface area contributed by atoms with Crippen molar-refractivity contribution in [3.63, 3.8) is 0 Å². The number of aromatic nitrogens is 1. The number of fused-ring (bicyclic) bond motifs is 2. The van der Waals surface area contributed by atoms with Crippen LogP contribution in [0.3, 0.4) is 0 Å². The van der Waals surface area contributed by atoms with E-state index in [9.17, 15) is 4.79 Å². The maximum absolute atomic E-state index is 11.6. The van der Waals surface area contributed by atoms with Gasteiger partial charge < -0.3 is 20.1 Å². The molecule has 1 aliphatic heterocycles. The van der Waals surface area contributed by atoms with Crippen molar-refractivity contribution < 1.29 is 9.32 Å². The van der Waals surface area contributed by atoms with E-state index in [4.69, 9.17) is 10.3 Å². The number of rotatable bonds is 10. The van der Waals surface area contributed by atoms with Gasteiger partial charge in [-0.25, -0.2) is 5.43 Å². The van der Waals surface area contributed by atoms with Crippen LogP contribution < -0.4 is 21.5 Å². The second-order valence-corrected chi connectivity index (χ2v) is 12.3. The first-order chi connectivity index (χ1) is 23.3. The zero-order chi connectivity index (χ0) is 34.1. The Morgan fingerprint density at radius 3 is 1.92 bits per heavy atom. The van der Waals surface area contributed by atoms with Gasteiger partial charge in [0.15, 0.2) is 5.69 Å². The Labute approximate surface area is 285 Å². The quantitative estimate of drug-likeness (QED) is 0.143. The largest absolute Gasteiger partial charge is 0.361 e. The van der Waals surface area contributed by atoms with Gasteiger partial charge in [-0.15, -0.1) is 0 Å². The molecule has 1 aliphatic rings. The van der Waals surface area contributed by atoms with Crippen LogP contribution in [0.25, 0.3) is 0 Å². The number of aryl methyl sites for hydroxylation is 3. The van der Waals surface area contributed by atoms with Crippen LogP contribution in [-0.4, -0.2) is 49.2 Å². The first-order valence-corrected chi connectivity index (χ1v) is 16.7. The third kappa shape index (κ3) is 11.8. The Bertz CT molecular complexity index is 1610. The van der Waals surface area contributed by atoms with E-state index >= 15 is 0 Å². The first kappa shape index (κ1) is 36.1. The third-order valence-corrected chi connectivity index (χ3v) is 7.81. The fraction of sp³-hybridized carbons (Fsp3) is 0.300. The minimum atomic E-state index is -0.308. The van der Waals surface area contributed by atoms with Crippen molar-refractivity contribution in [3.05, 3.63) is 149 Å². The van der Waals surface area contributed by atoms with Gasteiger partial charge in [0.1, 0.15) is 5.76 Å². The molecule has 4 N–H and O–H groups in total. The molecule has 0 bridgehead atoms. The van der Waals surface area contributed by atoms with Gasteiger partial charge in [-0.2, -0.15) is 0 Å². The molecule has 0 aliphatic carbocycles. The number of nitrogens with two attached hydrogens (primary N) is 1. The van der Waals surface area contributed by atoms with E-state index in [1.807, 2.05) is 55.5 Å². The Morgan fingerprint density at radius 2 is 1.40 bits per heavy atom. The molecule has 0 fully saturated rings. The van der Waals surface area contributed by atoms with Crippen LogP contribution in [-0.2, 0) is 25.8 Å². The van der Waals surface area contributed by atoms with Crippen molar-refractivity contribution in [1.82, 2.24) is 20.9 Å². The molecule has 0 radical (unpaired) electrons. The lowest BCUT2D eigenvalue weighted by atomic mass is 10.0. The summed E-state index contributed by atoms with van der Waals surface area (Å²) < 4.78 is 4.81.